The largest absolute Gasteiger partial charge is 0.444 e. The van der Waals surface area contributed by atoms with E-state index >= 15 is 0 Å². The molecule has 0 spiro atoms. The molecule has 0 unspecified atom stereocenters. The van der Waals surface area contributed by atoms with E-state index in [1.165, 1.54) is 11.1 Å². The molecule has 27 heavy (non-hydrogen) atoms. The van der Waals surface area contributed by atoms with Crippen LogP contribution in [0.1, 0.15) is 51.6 Å². The first-order valence-electron chi connectivity index (χ1n) is 9.29. The molecule has 1 aromatic heterocycles. The van der Waals surface area contributed by atoms with E-state index in [-0.39, 0.29) is 24.0 Å². The first-order valence-corrected chi connectivity index (χ1v) is 9.29. The monoisotopic (exact) mass is 379 g/mol. The number of likely N-dealkylation sites (tertiary alicyclic amines) is 1. The van der Waals surface area contributed by atoms with E-state index < -0.39 is 11.4 Å². The lowest BCUT2D eigenvalue weighted by atomic mass is 9.95. The fraction of sp³-hybridized carbons (Fsp3) is 0.632. The Hall–Kier alpha value is -2.22. The minimum Gasteiger partial charge on any atom is -0.444 e. The number of hydroxylamine groups is 2. The molecular formula is C19H26FN3O4. The molecule has 2 saturated heterocycles. The summed E-state index contributed by atoms with van der Waals surface area (Å²) in [6.45, 7) is 6.81. The van der Waals surface area contributed by atoms with Crippen molar-refractivity contribution in [2.24, 2.45) is 5.92 Å². The van der Waals surface area contributed by atoms with Crippen LogP contribution in [0.4, 0.5) is 9.18 Å². The predicted molar refractivity (Wildman–Crippen MR) is 94.9 cm³/mol. The Labute approximate surface area is 158 Å². The van der Waals surface area contributed by atoms with Crippen molar-refractivity contribution in [1.82, 2.24) is 14.9 Å². The number of carbonyl (C=O) groups is 2. The minimum atomic E-state index is -0.542. The van der Waals surface area contributed by atoms with Crippen LogP contribution in [0.2, 0.25) is 0 Å². The summed E-state index contributed by atoms with van der Waals surface area (Å²) in [6.07, 6.45) is 4.05. The minimum absolute atomic E-state index is 0.120. The van der Waals surface area contributed by atoms with Crippen molar-refractivity contribution in [3.8, 4) is 0 Å². The maximum absolute atomic E-state index is 13.5. The second-order valence-electron chi connectivity index (χ2n) is 7.98. The number of piperidine rings is 1. The van der Waals surface area contributed by atoms with Crippen LogP contribution in [0.3, 0.4) is 0 Å². The summed E-state index contributed by atoms with van der Waals surface area (Å²) < 4.78 is 18.9. The van der Waals surface area contributed by atoms with Crippen LogP contribution in [0.25, 0.3) is 0 Å². The van der Waals surface area contributed by atoms with E-state index in [1.54, 1.807) is 11.1 Å². The Morgan fingerprint density at radius 3 is 2.56 bits per heavy atom. The number of rotatable bonds is 2. The molecule has 1 atom stereocenters. The third-order valence-corrected chi connectivity index (χ3v) is 4.73. The SMILES string of the molecule is CC(C)(C)OC(=O)N1CCC(C(=O)N2OCC[C@H]2c2cncc(F)c2)CC1. The van der Waals surface area contributed by atoms with Gasteiger partial charge >= 0.3 is 6.09 Å². The maximum atomic E-state index is 13.5. The van der Waals surface area contributed by atoms with E-state index in [0.717, 1.165) is 6.20 Å². The van der Waals surface area contributed by atoms with Gasteiger partial charge in [-0.05, 0) is 45.2 Å². The quantitative estimate of drug-likeness (QED) is 0.790. The lowest BCUT2D eigenvalue weighted by Gasteiger charge is -2.34. The van der Waals surface area contributed by atoms with Gasteiger partial charge in [-0.1, -0.05) is 0 Å². The molecule has 0 radical (unpaired) electrons. The summed E-state index contributed by atoms with van der Waals surface area (Å²) in [4.78, 5) is 36.1. The summed E-state index contributed by atoms with van der Waals surface area (Å²) in [6, 6.07) is 1.06. The highest BCUT2D eigenvalue weighted by atomic mass is 19.1. The number of carbonyl (C=O) groups excluding carboxylic acids is 2. The van der Waals surface area contributed by atoms with Crippen LogP contribution in [0.15, 0.2) is 18.5 Å². The lowest BCUT2D eigenvalue weighted by molar-refractivity contribution is -0.183. The summed E-state index contributed by atoms with van der Waals surface area (Å²) in [5.74, 6) is -0.783. The van der Waals surface area contributed by atoms with Gasteiger partial charge in [0.15, 0.2) is 0 Å². The van der Waals surface area contributed by atoms with Gasteiger partial charge in [-0.15, -0.1) is 0 Å². The van der Waals surface area contributed by atoms with Crippen molar-refractivity contribution in [2.45, 2.75) is 51.7 Å². The average Bonchev–Trinajstić information content (AvgIpc) is 3.09. The molecule has 2 aliphatic rings. The first-order chi connectivity index (χ1) is 12.7. The van der Waals surface area contributed by atoms with Crippen molar-refractivity contribution < 1.29 is 23.6 Å². The average molecular weight is 379 g/mol. The second-order valence-corrected chi connectivity index (χ2v) is 7.98. The van der Waals surface area contributed by atoms with Crippen molar-refractivity contribution in [3.63, 3.8) is 0 Å². The molecule has 148 valence electrons. The molecule has 0 aromatic carbocycles. The number of hydrogen-bond donors (Lipinski definition) is 0. The van der Waals surface area contributed by atoms with Crippen molar-refractivity contribution in [3.05, 3.63) is 29.8 Å². The zero-order valence-corrected chi connectivity index (χ0v) is 16.0. The van der Waals surface area contributed by atoms with E-state index in [1.807, 2.05) is 20.8 Å². The van der Waals surface area contributed by atoms with Gasteiger partial charge in [0, 0.05) is 31.6 Å². The summed E-state index contributed by atoms with van der Waals surface area (Å²) in [5, 5.41) is 1.37. The molecular weight excluding hydrogens is 353 g/mol. The number of pyridine rings is 1. The fourth-order valence-electron chi connectivity index (χ4n) is 3.42. The number of amides is 2. The van der Waals surface area contributed by atoms with Crippen molar-refractivity contribution in [2.75, 3.05) is 19.7 Å². The zero-order chi connectivity index (χ0) is 19.6. The van der Waals surface area contributed by atoms with Gasteiger partial charge in [0.25, 0.3) is 0 Å². The molecule has 7 nitrogen and oxygen atoms in total. The molecule has 2 fully saturated rings. The Morgan fingerprint density at radius 2 is 1.93 bits per heavy atom. The lowest BCUT2D eigenvalue weighted by Crippen LogP contribution is -2.45. The Bertz CT molecular complexity index is 698. The number of hydrogen-bond acceptors (Lipinski definition) is 5. The Kier molecular flexibility index (Phi) is 5.64. The van der Waals surface area contributed by atoms with Crippen LogP contribution in [0, 0.1) is 11.7 Å². The number of halogens is 1. The van der Waals surface area contributed by atoms with Crippen molar-refractivity contribution in [1.29, 1.82) is 0 Å². The van der Waals surface area contributed by atoms with Crippen LogP contribution in [0.5, 0.6) is 0 Å². The van der Waals surface area contributed by atoms with Crippen LogP contribution in [-0.4, -0.2) is 52.2 Å². The molecule has 0 N–H and O–H groups in total. The number of aromatic nitrogens is 1. The zero-order valence-electron chi connectivity index (χ0n) is 16.0. The third-order valence-electron chi connectivity index (χ3n) is 4.73. The normalized spacial score (nSPS) is 21.4. The fourth-order valence-corrected chi connectivity index (χ4v) is 3.42. The molecule has 3 rings (SSSR count). The molecule has 1 aromatic rings. The topological polar surface area (TPSA) is 72.0 Å². The maximum Gasteiger partial charge on any atom is 0.410 e. The van der Waals surface area contributed by atoms with Gasteiger partial charge in [-0.2, -0.15) is 0 Å². The molecule has 0 aliphatic carbocycles. The molecule has 3 heterocycles. The summed E-state index contributed by atoms with van der Waals surface area (Å²) in [5.41, 5.74) is 0.0892. The predicted octanol–water partition coefficient (Wildman–Crippen LogP) is 3.07. The van der Waals surface area contributed by atoms with E-state index in [4.69, 9.17) is 9.57 Å². The van der Waals surface area contributed by atoms with Crippen LogP contribution >= 0.6 is 0 Å². The van der Waals surface area contributed by atoms with Gasteiger partial charge in [-0.3, -0.25) is 14.6 Å². The highest BCUT2D eigenvalue weighted by Gasteiger charge is 2.38. The number of ether oxygens (including phenoxy) is 1. The second kappa shape index (κ2) is 7.80. The van der Waals surface area contributed by atoms with Crippen LogP contribution < -0.4 is 0 Å². The van der Waals surface area contributed by atoms with Gasteiger partial charge in [0.05, 0.1) is 18.8 Å². The van der Waals surface area contributed by atoms with Gasteiger partial charge in [0.1, 0.15) is 11.4 Å². The van der Waals surface area contributed by atoms with Gasteiger partial charge < -0.3 is 9.64 Å². The molecule has 2 amide bonds. The Balaban J connectivity index is 1.59. The van der Waals surface area contributed by atoms with E-state index in [0.29, 0.717) is 44.5 Å². The highest BCUT2D eigenvalue weighted by Crippen LogP contribution is 2.33. The number of nitrogens with zero attached hydrogens (tertiary/aromatic N) is 3. The van der Waals surface area contributed by atoms with E-state index in [9.17, 15) is 14.0 Å². The molecule has 8 heteroatoms. The molecule has 0 bridgehead atoms. The highest BCUT2D eigenvalue weighted by molar-refractivity contribution is 5.79. The van der Waals surface area contributed by atoms with E-state index in [2.05, 4.69) is 4.98 Å². The van der Waals surface area contributed by atoms with Crippen LogP contribution in [-0.2, 0) is 14.4 Å². The molecule has 2 aliphatic heterocycles. The summed E-state index contributed by atoms with van der Waals surface area (Å²) >= 11 is 0. The summed E-state index contributed by atoms with van der Waals surface area (Å²) in [7, 11) is 0. The van der Waals surface area contributed by atoms with Gasteiger partial charge in [0.2, 0.25) is 5.91 Å². The van der Waals surface area contributed by atoms with Crippen molar-refractivity contribution >= 4 is 12.0 Å². The Morgan fingerprint density at radius 1 is 1.22 bits per heavy atom. The molecule has 0 saturated carbocycles. The third kappa shape index (κ3) is 4.74. The first kappa shape index (κ1) is 19.5. The van der Waals surface area contributed by atoms with Gasteiger partial charge in [-0.25, -0.2) is 14.2 Å². The smallest absolute Gasteiger partial charge is 0.410 e. The standard InChI is InChI=1S/C19H26FN3O4/c1-19(2,3)27-18(25)22-7-4-13(5-8-22)17(24)23-16(6-9-26-23)14-10-15(20)12-21-11-14/h10-13,16H,4-9H2,1-3H3/t16-/m0/s1.